The molecule has 4 nitrogen and oxygen atoms in total. The van der Waals surface area contributed by atoms with Gasteiger partial charge in [-0.25, -0.2) is 0 Å². The molecule has 5 heteroatoms. The highest BCUT2D eigenvalue weighted by Crippen LogP contribution is 2.25. The number of anilines is 1. The Morgan fingerprint density at radius 2 is 2.17 bits per heavy atom. The molecule has 0 spiro atoms. The number of nitrogens with zero attached hydrogens (tertiary/aromatic N) is 1. The van der Waals surface area contributed by atoms with Crippen LogP contribution < -0.4 is 15.0 Å². The van der Waals surface area contributed by atoms with E-state index >= 15 is 0 Å². The second-order valence-electron chi connectivity index (χ2n) is 6.15. The standard InChI is InChI=1S/C19H24N2O2S/c1-23-17-7-5-16(6-8-17)21(14-18-3-2-12-24-18)19(22)9-4-15-10-11-20-13-15/h2-3,5-8,12,15,20H,4,9-11,13-14H2,1H3. The third-order valence-electron chi connectivity index (χ3n) is 4.51. The first kappa shape index (κ1) is 17.0. The molecular formula is C19H24N2O2S. The summed E-state index contributed by atoms with van der Waals surface area (Å²) in [5, 5.41) is 5.42. The van der Waals surface area contributed by atoms with Gasteiger partial charge in [-0.05, 0) is 67.6 Å². The topological polar surface area (TPSA) is 41.6 Å². The molecule has 1 amide bonds. The van der Waals surface area contributed by atoms with Crippen molar-refractivity contribution in [2.24, 2.45) is 5.92 Å². The lowest BCUT2D eigenvalue weighted by molar-refractivity contribution is -0.119. The number of amides is 1. The van der Waals surface area contributed by atoms with Crippen LogP contribution in [0.5, 0.6) is 5.75 Å². The monoisotopic (exact) mass is 344 g/mol. The van der Waals surface area contributed by atoms with Crippen molar-refractivity contribution >= 4 is 22.9 Å². The Morgan fingerprint density at radius 3 is 2.79 bits per heavy atom. The summed E-state index contributed by atoms with van der Waals surface area (Å²) >= 11 is 1.69. The van der Waals surface area contributed by atoms with Crippen LogP contribution in [0.2, 0.25) is 0 Å². The van der Waals surface area contributed by atoms with Gasteiger partial charge in [-0.15, -0.1) is 11.3 Å². The minimum absolute atomic E-state index is 0.195. The number of rotatable bonds is 7. The number of ether oxygens (including phenoxy) is 1. The van der Waals surface area contributed by atoms with Gasteiger partial charge in [0.15, 0.2) is 0 Å². The van der Waals surface area contributed by atoms with E-state index < -0.39 is 0 Å². The molecule has 1 atom stereocenters. The average Bonchev–Trinajstić information content (AvgIpc) is 3.31. The second-order valence-corrected chi connectivity index (χ2v) is 7.19. The number of hydrogen-bond donors (Lipinski definition) is 1. The quantitative estimate of drug-likeness (QED) is 0.833. The van der Waals surface area contributed by atoms with Crippen LogP contribution in [0.4, 0.5) is 5.69 Å². The number of carbonyl (C=O) groups is 1. The Hall–Kier alpha value is -1.85. The van der Waals surface area contributed by atoms with Crippen molar-refractivity contribution in [3.8, 4) is 5.75 Å². The summed E-state index contributed by atoms with van der Waals surface area (Å²) in [6.07, 6.45) is 2.74. The molecule has 0 radical (unpaired) electrons. The molecule has 2 aromatic rings. The predicted molar refractivity (Wildman–Crippen MR) is 98.7 cm³/mol. The van der Waals surface area contributed by atoms with Crippen LogP contribution in [0.1, 0.15) is 24.1 Å². The molecule has 2 heterocycles. The fourth-order valence-electron chi connectivity index (χ4n) is 3.07. The fourth-order valence-corrected chi connectivity index (χ4v) is 3.76. The normalized spacial score (nSPS) is 17.0. The molecule has 1 N–H and O–H groups in total. The highest BCUT2D eigenvalue weighted by molar-refractivity contribution is 7.09. The number of thiophene rings is 1. The first-order valence-corrected chi connectivity index (χ1v) is 9.32. The van der Waals surface area contributed by atoms with E-state index in [9.17, 15) is 4.79 Å². The summed E-state index contributed by atoms with van der Waals surface area (Å²) in [6, 6.07) is 11.8. The van der Waals surface area contributed by atoms with Gasteiger partial charge in [-0.1, -0.05) is 6.07 Å². The van der Waals surface area contributed by atoms with E-state index in [0.29, 0.717) is 18.9 Å². The largest absolute Gasteiger partial charge is 0.497 e. The lowest BCUT2D eigenvalue weighted by Crippen LogP contribution is -2.30. The summed E-state index contributed by atoms with van der Waals surface area (Å²) in [5.74, 6) is 1.63. The second kappa shape index (κ2) is 8.31. The Morgan fingerprint density at radius 1 is 1.33 bits per heavy atom. The SMILES string of the molecule is COc1ccc(N(Cc2cccs2)C(=O)CCC2CCNC2)cc1. The van der Waals surface area contributed by atoms with Gasteiger partial charge in [0.2, 0.25) is 5.91 Å². The Kier molecular flexibility index (Phi) is 5.88. The van der Waals surface area contributed by atoms with Crippen LogP contribution in [-0.4, -0.2) is 26.1 Å². The molecule has 1 aromatic carbocycles. The predicted octanol–water partition coefficient (Wildman–Crippen LogP) is 3.68. The highest BCUT2D eigenvalue weighted by Gasteiger charge is 2.20. The van der Waals surface area contributed by atoms with Crippen LogP contribution >= 0.6 is 11.3 Å². The zero-order chi connectivity index (χ0) is 16.8. The molecule has 3 rings (SSSR count). The van der Waals surface area contributed by atoms with Gasteiger partial charge in [0.1, 0.15) is 5.75 Å². The van der Waals surface area contributed by atoms with E-state index in [1.807, 2.05) is 35.2 Å². The molecule has 0 saturated carbocycles. The van der Waals surface area contributed by atoms with Crippen molar-refractivity contribution in [3.63, 3.8) is 0 Å². The zero-order valence-electron chi connectivity index (χ0n) is 14.0. The minimum Gasteiger partial charge on any atom is -0.497 e. The van der Waals surface area contributed by atoms with Crippen molar-refractivity contribution in [3.05, 3.63) is 46.7 Å². The van der Waals surface area contributed by atoms with Crippen LogP contribution in [0.15, 0.2) is 41.8 Å². The van der Waals surface area contributed by atoms with Crippen molar-refractivity contribution in [2.75, 3.05) is 25.1 Å². The zero-order valence-corrected chi connectivity index (χ0v) is 14.8. The van der Waals surface area contributed by atoms with Crippen molar-refractivity contribution in [1.82, 2.24) is 5.32 Å². The maximum Gasteiger partial charge on any atom is 0.227 e. The third-order valence-corrected chi connectivity index (χ3v) is 5.37. The van der Waals surface area contributed by atoms with Gasteiger partial charge in [0.25, 0.3) is 0 Å². The van der Waals surface area contributed by atoms with E-state index in [-0.39, 0.29) is 5.91 Å². The van der Waals surface area contributed by atoms with Crippen molar-refractivity contribution in [1.29, 1.82) is 0 Å². The Labute approximate surface area is 147 Å². The Balaban J connectivity index is 1.71. The number of methoxy groups -OCH3 is 1. The molecule has 128 valence electrons. The molecule has 1 unspecified atom stereocenters. The van der Waals surface area contributed by atoms with Gasteiger partial charge in [0.05, 0.1) is 13.7 Å². The van der Waals surface area contributed by atoms with E-state index in [2.05, 4.69) is 16.8 Å². The van der Waals surface area contributed by atoms with Crippen LogP contribution in [-0.2, 0) is 11.3 Å². The number of nitrogens with one attached hydrogen (secondary N) is 1. The van der Waals surface area contributed by atoms with Crippen LogP contribution in [0.3, 0.4) is 0 Å². The molecule has 1 aromatic heterocycles. The van der Waals surface area contributed by atoms with Gasteiger partial charge in [-0.2, -0.15) is 0 Å². The van der Waals surface area contributed by atoms with Gasteiger partial charge >= 0.3 is 0 Å². The van der Waals surface area contributed by atoms with Gasteiger partial charge in [0, 0.05) is 17.0 Å². The summed E-state index contributed by atoms with van der Waals surface area (Å²) in [7, 11) is 1.65. The maximum absolute atomic E-state index is 12.9. The van der Waals surface area contributed by atoms with Crippen molar-refractivity contribution < 1.29 is 9.53 Å². The van der Waals surface area contributed by atoms with E-state index in [4.69, 9.17) is 4.74 Å². The Bertz CT molecular complexity index is 634. The van der Waals surface area contributed by atoms with Crippen LogP contribution in [0.25, 0.3) is 0 Å². The average molecular weight is 344 g/mol. The van der Waals surface area contributed by atoms with Gasteiger partial charge < -0.3 is 15.0 Å². The molecule has 0 aliphatic carbocycles. The number of hydrogen-bond acceptors (Lipinski definition) is 4. The highest BCUT2D eigenvalue weighted by atomic mass is 32.1. The maximum atomic E-state index is 12.9. The fraction of sp³-hybridized carbons (Fsp3) is 0.421. The molecule has 24 heavy (non-hydrogen) atoms. The number of carbonyl (C=O) groups excluding carboxylic acids is 1. The van der Waals surface area contributed by atoms with Gasteiger partial charge in [-0.3, -0.25) is 4.79 Å². The van der Waals surface area contributed by atoms with Crippen LogP contribution in [0, 0.1) is 5.92 Å². The molecule has 1 aliphatic heterocycles. The molecule has 1 fully saturated rings. The van der Waals surface area contributed by atoms with E-state index in [1.54, 1.807) is 18.4 Å². The molecular weight excluding hydrogens is 320 g/mol. The first-order chi connectivity index (χ1) is 11.8. The van der Waals surface area contributed by atoms with Crippen molar-refractivity contribution in [2.45, 2.75) is 25.8 Å². The van der Waals surface area contributed by atoms with E-state index in [1.165, 1.54) is 11.3 Å². The number of benzene rings is 1. The molecule has 0 bridgehead atoms. The summed E-state index contributed by atoms with van der Waals surface area (Å²) < 4.78 is 5.22. The molecule has 1 saturated heterocycles. The summed E-state index contributed by atoms with van der Waals surface area (Å²) in [4.78, 5) is 16.0. The molecule has 1 aliphatic rings. The minimum atomic E-state index is 0.195. The third kappa shape index (κ3) is 4.36. The lowest BCUT2D eigenvalue weighted by Gasteiger charge is -2.23. The first-order valence-electron chi connectivity index (χ1n) is 8.44. The smallest absolute Gasteiger partial charge is 0.227 e. The van der Waals surface area contributed by atoms with E-state index in [0.717, 1.165) is 30.9 Å². The summed E-state index contributed by atoms with van der Waals surface area (Å²) in [5.41, 5.74) is 0.929. The lowest BCUT2D eigenvalue weighted by atomic mass is 10.0. The summed E-state index contributed by atoms with van der Waals surface area (Å²) in [6.45, 7) is 2.75.